The van der Waals surface area contributed by atoms with E-state index in [1.54, 1.807) is 0 Å². The van der Waals surface area contributed by atoms with Crippen molar-refractivity contribution in [2.45, 2.75) is 19.4 Å². The van der Waals surface area contributed by atoms with Crippen molar-refractivity contribution in [3.8, 4) is 5.69 Å². The van der Waals surface area contributed by atoms with Crippen LogP contribution in [0.25, 0.3) is 5.69 Å². The average Bonchev–Trinajstić information content (AvgIpc) is 2.62. The Kier molecular flexibility index (Phi) is 4.60. The number of halogens is 1. The van der Waals surface area contributed by atoms with E-state index in [0.29, 0.717) is 25.2 Å². The number of nitrogens with one attached hydrogen (secondary N) is 1. The lowest BCUT2D eigenvalue weighted by Gasteiger charge is -2.34. The molecule has 1 aliphatic rings. The summed E-state index contributed by atoms with van der Waals surface area (Å²) >= 11 is 0. The Morgan fingerprint density at radius 2 is 1.96 bits per heavy atom. The molecule has 1 aliphatic heterocycles. The minimum atomic E-state index is -0.561. The summed E-state index contributed by atoms with van der Waals surface area (Å²) < 4.78 is 14.1. The number of aromatic nitrogens is 2. The van der Waals surface area contributed by atoms with E-state index in [9.17, 15) is 18.8 Å². The van der Waals surface area contributed by atoms with Gasteiger partial charge in [-0.1, -0.05) is 6.92 Å². The van der Waals surface area contributed by atoms with E-state index in [-0.39, 0.29) is 11.6 Å². The Morgan fingerprint density at radius 3 is 2.64 bits per heavy atom. The van der Waals surface area contributed by atoms with Gasteiger partial charge in [-0.2, -0.15) is 9.78 Å². The maximum Gasteiger partial charge on any atom is 0.275 e. The molecule has 1 aromatic heterocycles. The summed E-state index contributed by atoms with van der Waals surface area (Å²) in [6.07, 6.45) is 0.481. The molecule has 0 aliphatic carbocycles. The highest BCUT2D eigenvalue weighted by molar-refractivity contribution is 5.96. The van der Waals surface area contributed by atoms with E-state index in [0.717, 1.165) is 4.68 Å². The predicted octanol–water partition coefficient (Wildman–Crippen LogP) is 0.722. The number of nitrogens with zero attached hydrogens (tertiary/aromatic N) is 3. The van der Waals surface area contributed by atoms with Crippen LogP contribution in [0, 0.1) is 5.82 Å². The molecule has 25 heavy (non-hydrogen) atoms. The van der Waals surface area contributed by atoms with Gasteiger partial charge < -0.3 is 10.2 Å². The largest absolute Gasteiger partial charge is 0.353 e. The van der Waals surface area contributed by atoms with Crippen LogP contribution in [-0.4, -0.2) is 45.6 Å². The van der Waals surface area contributed by atoms with Gasteiger partial charge in [0.25, 0.3) is 11.5 Å². The van der Waals surface area contributed by atoms with E-state index in [1.807, 2.05) is 6.92 Å². The number of carbonyl (C=O) groups excluding carboxylic acids is 2. The van der Waals surface area contributed by atoms with Crippen molar-refractivity contribution in [1.82, 2.24) is 20.0 Å². The fraction of sp³-hybridized carbons (Fsp3) is 0.294. The molecule has 7 nitrogen and oxygen atoms in total. The van der Waals surface area contributed by atoms with Crippen molar-refractivity contribution >= 4 is 11.8 Å². The molecule has 8 heteroatoms. The zero-order valence-corrected chi connectivity index (χ0v) is 13.6. The van der Waals surface area contributed by atoms with E-state index >= 15 is 0 Å². The highest BCUT2D eigenvalue weighted by Gasteiger charge is 2.32. The molecule has 0 radical (unpaired) electrons. The van der Waals surface area contributed by atoms with Gasteiger partial charge in [0.1, 0.15) is 17.6 Å². The highest BCUT2D eigenvalue weighted by atomic mass is 19.1. The fourth-order valence-corrected chi connectivity index (χ4v) is 2.80. The quantitative estimate of drug-likeness (QED) is 0.889. The summed E-state index contributed by atoms with van der Waals surface area (Å²) in [5.41, 5.74) is -0.0341. The van der Waals surface area contributed by atoms with Gasteiger partial charge in [-0.3, -0.25) is 14.4 Å². The maximum atomic E-state index is 13.1. The number of carbonyl (C=O) groups is 2. The minimum Gasteiger partial charge on any atom is -0.353 e. The molecule has 1 saturated heterocycles. The van der Waals surface area contributed by atoms with Gasteiger partial charge in [0.15, 0.2) is 0 Å². The molecule has 1 aromatic carbocycles. The van der Waals surface area contributed by atoms with Crippen molar-refractivity contribution in [2.75, 3.05) is 13.1 Å². The Hall–Kier alpha value is -3.03. The first-order chi connectivity index (χ1) is 12.0. The van der Waals surface area contributed by atoms with Crippen LogP contribution in [0.1, 0.15) is 23.8 Å². The van der Waals surface area contributed by atoms with Crippen molar-refractivity contribution in [3.63, 3.8) is 0 Å². The van der Waals surface area contributed by atoms with Crippen molar-refractivity contribution in [2.24, 2.45) is 0 Å². The van der Waals surface area contributed by atoms with E-state index in [2.05, 4.69) is 10.4 Å². The lowest BCUT2D eigenvalue weighted by Crippen LogP contribution is -2.57. The molecule has 1 unspecified atom stereocenters. The van der Waals surface area contributed by atoms with E-state index in [4.69, 9.17) is 0 Å². The van der Waals surface area contributed by atoms with E-state index in [1.165, 1.54) is 41.3 Å². The Bertz CT molecular complexity index is 863. The van der Waals surface area contributed by atoms with Gasteiger partial charge in [-0.25, -0.2) is 4.39 Å². The zero-order valence-electron chi connectivity index (χ0n) is 13.6. The molecule has 1 N–H and O–H groups in total. The standard InChI is InChI=1S/C17H17FN4O3/c1-2-14-16(24)19-9-10-21(14)17(25)13-7-8-15(23)22(20-13)12-5-3-11(18)4-6-12/h3-8,14H,2,9-10H2,1H3,(H,19,24). The molecule has 1 atom stereocenters. The van der Waals surface area contributed by atoms with Crippen LogP contribution in [0.4, 0.5) is 4.39 Å². The summed E-state index contributed by atoms with van der Waals surface area (Å²) in [7, 11) is 0. The molecule has 1 fully saturated rings. The van der Waals surface area contributed by atoms with Crippen LogP contribution in [0.3, 0.4) is 0 Å². The second-order valence-corrected chi connectivity index (χ2v) is 5.66. The van der Waals surface area contributed by atoms with Crippen LogP contribution in [0.15, 0.2) is 41.2 Å². The third-order valence-corrected chi connectivity index (χ3v) is 4.07. The van der Waals surface area contributed by atoms with Crippen molar-refractivity contribution in [1.29, 1.82) is 0 Å². The van der Waals surface area contributed by atoms with Gasteiger partial charge in [0.2, 0.25) is 5.91 Å². The van der Waals surface area contributed by atoms with Crippen LogP contribution < -0.4 is 10.9 Å². The Balaban J connectivity index is 1.96. The second-order valence-electron chi connectivity index (χ2n) is 5.66. The van der Waals surface area contributed by atoms with Gasteiger partial charge >= 0.3 is 0 Å². The molecule has 3 rings (SSSR count). The number of amides is 2. The van der Waals surface area contributed by atoms with Crippen LogP contribution in [0.2, 0.25) is 0 Å². The van der Waals surface area contributed by atoms with Gasteiger partial charge in [0, 0.05) is 19.2 Å². The molecule has 0 saturated carbocycles. The van der Waals surface area contributed by atoms with Gasteiger partial charge in [-0.05, 0) is 36.8 Å². The lowest BCUT2D eigenvalue weighted by atomic mass is 10.1. The Morgan fingerprint density at radius 1 is 1.24 bits per heavy atom. The SMILES string of the molecule is CCC1C(=O)NCCN1C(=O)c1ccc(=O)n(-c2ccc(F)cc2)n1. The predicted molar refractivity (Wildman–Crippen MR) is 87.9 cm³/mol. The van der Waals surface area contributed by atoms with Crippen molar-refractivity contribution < 1.29 is 14.0 Å². The third-order valence-electron chi connectivity index (χ3n) is 4.07. The second kappa shape index (κ2) is 6.84. The molecule has 0 bridgehead atoms. The van der Waals surface area contributed by atoms with E-state index < -0.39 is 23.3 Å². The minimum absolute atomic E-state index is 0.0528. The van der Waals surface area contributed by atoms with Crippen molar-refractivity contribution in [3.05, 3.63) is 58.3 Å². The first-order valence-corrected chi connectivity index (χ1v) is 7.96. The zero-order chi connectivity index (χ0) is 18.0. The highest BCUT2D eigenvalue weighted by Crippen LogP contribution is 2.13. The third kappa shape index (κ3) is 3.28. The summed E-state index contributed by atoms with van der Waals surface area (Å²) in [5, 5.41) is 6.83. The molecule has 2 amide bonds. The summed E-state index contributed by atoms with van der Waals surface area (Å²) in [4.78, 5) is 38.2. The molecular formula is C17H17FN4O3. The first-order valence-electron chi connectivity index (χ1n) is 7.96. The summed E-state index contributed by atoms with van der Waals surface area (Å²) in [5.74, 6) is -1.05. The normalized spacial score (nSPS) is 17.3. The lowest BCUT2D eigenvalue weighted by molar-refractivity contribution is -0.127. The average molecular weight is 344 g/mol. The summed E-state index contributed by atoms with van der Waals surface area (Å²) in [6.45, 7) is 2.57. The molecular weight excluding hydrogens is 327 g/mol. The first kappa shape index (κ1) is 16.8. The van der Waals surface area contributed by atoms with Crippen LogP contribution >= 0.6 is 0 Å². The van der Waals surface area contributed by atoms with Gasteiger partial charge in [0.05, 0.1) is 5.69 Å². The van der Waals surface area contributed by atoms with Crippen LogP contribution in [-0.2, 0) is 4.79 Å². The number of piperazine rings is 1. The number of rotatable bonds is 3. The maximum absolute atomic E-state index is 13.1. The number of benzene rings is 1. The fourth-order valence-electron chi connectivity index (χ4n) is 2.80. The van der Waals surface area contributed by atoms with Gasteiger partial charge in [-0.15, -0.1) is 0 Å². The topological polar surface area (TPSA) is 84.3 Å². The van der Waals surface area contributed by atoms with Crippen LogP contribution in [0.5, 0.6) is 0 Å². The smallest absolute Gasteiger partial charge is 0.275 e. The monoisotopic (exact) mass is 344 g/mol. The molecule has 2 aromatic rings. The Labute approximate surface area is 143 Å². The molecule has 2 heterocycles. The number of hydrogen-bond acceptors (Lipinski definition) is 4. The summed E-state index contributed by atoms with van der Waals surface area (Å²) in [6, 6.07) is 7.23. The number of hydrogen-bond donors (Lipinski definition) is 1. The molecule has 130 valence electrons. The molecule has 0 spiro atoms.